The first-order valence-electron chi connectivity index (χ1n) is 5.90. The Hall–Kier alpha value is -1.11. The molecule has 0 aliphatic carbocycles. The highest BCUT2D eigenvalue weighted by molar-refractivity contribution is 8.13. The van der Waals surface area contributed by atoms with Crippen LogP contribution in [0, 0.1) is 5.92 Å². The van der Waals surface area contributed by atoms with Crippen LogP contribution in [0.5, 0.6) is 0 Å². The Balaban J connectivity index is 2.01. The van der Waals surface area contributed by atoms with Crippen LogP contribution in [0.1, 0.15) is 12.8 Å². The van der Waals surface area contributed by atoms with Gasteiger partial charge in [0.25, 0.3) is 9.05 Å². The lowest BCUT2D eigenvalue weighted by Crippen LogP contribution is -2.30. The Morgan fingerprint density at radius 3 is 2.53 bits per heavy atom. The van der Waals surface area contributed by atoms with Crippen LogP contribution in [-0.2, 0) is 18.6 Å². The molecule has 1 aromatic rings. The SMILES string of the molecule is O=C(Nc1ccc(S(=O)(=O)Cl)cc1)C1CCCOC1. The lowest BCUT2D eigenvalue weighted by molar-refractivity contribution is -0.123. The second-order valence-corrected chi connectivity index (χ2v) is 6.93. The van der Waals surface area contributed by atoms with Gasteiger partial charge in [-0.3, -0.25) is 4.79 Å². The molecule has 0 bridgehead atoms. The van der Waals surface area contributed by atoms with Gasteiger partial charge < -0.3 is 10.1 Å². The van der Waals surface area contributed by atoms with E-state index in [4.69, 9.17) is 15.4 Å². The van der Waals surface area contributed by atoms with Gasteiger partial charge in [0.05, 0.1) is 17.4 Å². The summed E-state index contributed by atoms with van der Waals surface area (Å²) in [5.41, 5.74) is 0.541. The summed E-state index contributed by atoms with van der Waals surface area (Å²) in [5.74, 6) is -0.258. The molecule has 5 nitrogen and oxygen atoms in total. The molecule has 104 valence electrons. The third kappa shape index (κ3) is 3.92. The molecule has 0 spiro atoms. The van der Waals surface area contributed by atoms with Crippen LogP contribution < -0.4 is 5.32 Å². The Labute approximate surface area is 116 Å². The van der Waals surface area contributed by atoms with Gasteiger partial charge in [0.1, 0.15) is 0 Å². The standard InChI is InChI=1S/C12H14ClNO4S/c13-19(16,17)11-5-3-10(4-6-11)14-12(15)9-2-1-7-18-8-9/h3-6,9H,1-2,7-8H2,(H,14,15). The average Bonchev–Trinajstić information content (AvgIpc) is 2.39. The van der Waals surface area contributed by atoms with E-state index in [-0.39, 0.29) is 16.7 Å². The van der Waals surface area contributed by atoms with Crippen LogP contribution in [0.15, 0.2) is 29.2 Å². The Morgan fingerprint density at radius 2 is 2.00 bits per heavy atom. The predicted molar refractivity (Wildman–Crippen MR) is 71.7 cm³/mol. The molecule has 1 aliphatic heterocycles. The lowest BCUT2D eigenvalue weighted by atomic mass is 10.0. The van der Waals surface area contributed by atoms with Gasteiger partial charge in [0.15, 0.2) is 0 Å². The number of hydrogen-bond donors (Lipinski definition) is 1. The van der Waals surface area contributed by atoms with Crippen molar-refractivity contribution in [3.05, 3.63) is 24.3 Å². The number of anilines is 1. The van der Waals surface area contributed by atoms with Crippen molar-refractivity contribution in [2.75, 3.05) is 18.5 Å². The summed E-state index contributed by atoms with van der Waals surface area (Å²) in [6.45, 7) is 1.13. The van der Waals surface area contributed by atoms with Gasteiger partial charge in [-0.1, -0.05) is 0 Å². The van der Waals surface area contributed by atoms with E-state index >= 15 is 0 Å². The average molecular weight is 304 g/mol. The van der Waals surface area contributed by atoms with Gasteiger partial charge >= 0.3 is 0 Å². The molecule has 7 heteroatoms. The lowest BCUT2D eigenvalue weighted by Gasteiger charge is -2.21. The van der Waals surface area contributed by atoms with E-state index in [2.05, 4.69) is 5.32 Å². The number of carbonyl (C=O) groups excluding carboxylic acids is 1. The summed E-state index contributed by atoms with van der Waals surface area (Å²) in [5, 5.41) is 2.73. The number of amides is 1. The molecular weight excluding hydrogens is 290 g/mol. The van der Waals surface area contributed by atoms with Crippen LogP contribution in [0.3, 0.4) is 0 Å². The molecule has 0 radical (unpaired) electrons. The second kappa shape index (κ2) is 5.90. The number of rotatable bonds is 3. The van der Waals surface area contributed by atoms with Gasteiger partial charge in [-0.25, -0.2) is 8.42 Å². The van der Waals surface area contributed by atoms with Gasteiger partial charge in [0.2, 0.25) is 5.91 Å². The van der Waals surface area contributed by atoms with Gasteiger partial charge in [-0.15, -0.1) is 0 Å². The summed E-state index contributed by atoms with van der Waals surface area (Å²) in [6.07, 6.45) is 1.68. The topological polar surface area (TPSA) is 72.5 Å². The van der Waals surface area contributed by atoms with E-state index in [1.165, 1.54) is 24.3 Å². The smallest absolute Gasteiger partial charge is 0.261 e. The zero-order valence-corrected chi connectivity index (χ0v) is 11.7. The fourth-order valence-electron chi connectivity index (χ4n) is 1.89. The molecule has 19 heavy (non-hydrogen) atoms. The van der Waals surface area contributed by atoms with Crippen molar-refractivity contribution in [1.82, 2.24) is 0 Å². The number of benzene rings is 1. The molecule has 1 aliphatic rings. The fraction of sp³-hybridized carbons (Fsp3) is 0.417. The van der Waals surface area contributed by atoms with E-state index in [0.29, 0.717) is 18.9 Å². The highest BCUT2D eigenvalue weighted by atomic mass is 35.7. The molecular formula is C12H14ClNO4S. The van der Waals surface area contributed by atoms with Gasteiger partial charge in [-0.05, 0) is 37.1 Å². The molecule has 1 N–H and O–H groups in total. The molecule has 1 saturated heterocycles. The Morgan fingerprint density at radius 1 is 1.32 bits per heavy atom. The van der Waals surface area contributed by atoms with Crippen molar-refractivity contribution in [2.45, 2.75) is 17.7 Å². The second-order valence-electron chi connectivity index (χ2n) is 4.37. The minimum absolute atomic E-state index is 0.00756. The highest BCUT2D eigenvalue weighted by Gasteiger charge is 2.21. The van der Waals surface area contributed by atoms with Crippen LogP contribution in [0.4, 0.5) is 5.69 Å². The van der Waals surface area contributed by atoms with Crippen molar-refractivity contribution in [3.8, 4) is 0 Å². The third-order valence-corrected chi connectivity index (χ3v) is 4.30. The van der Waals surface area contributed by atoms with Gasteiger partial charge in [-0.2, -0.15) is 0 Å². The maximum atomic E-state index is 11.9. The normalized spacial score (nSPS) is 19.9. The molecule has 0 saturated carbocycles. The van der Waals surface area contributed by atoms with Crippen LogP contribution >= 0.6 is 10.7 Å². The first-order valence-corrected chi connectivity index (χ1v) is 8.21. The first kappa shape index (κ1) is 14.3. The highest BCUT2D eigenvalue weighted by Crippen LogP contribution is 2.20. The van der Waals surface area contributed by atoms with Crippen LogP contribution in [0.25, 0.3) is 0 Å². The number of ether oxygens (including phenoxy) is 1. The molecule has 1 atom stereocenters. The molecule has 1 heterocycles. The molecule has 1 fully saturated rings. The van der Waals surface area contributed by atoms with Crippen molar-refractivity contribution in [2.24, 2.45) is 5.92 Å². The number of nitrogens with one attached hydrogen (secondary N) is 1. The van der Waals surface area contributed by atoms with Crippen molar-refractivity contribution in [1.29, 1.82) is 0 Å². The summed E-state index contributed by atoms with van der Waals surface area (Å²) in [7, 11) is 1.48. The summed E-state index contributed by atoms with van der Waals surface area (Å²) in [4.78, 5) is 11.9. The fourth-order valence-corrected chi connectivity index (χ4v) is 2.66. The quantitative estimate of drug-likeness (QED) is 0.867. The number of halogens is 1. The maximum Gasteiger partial charge on any atom is 0.261 e. The van der Waals surface area contributed by atoms with Crippen molar-refractivity contribution in [3.63, 3.8) is 0 Å². The summed E-state index contributed by atoms with van der Waals surface area (Å²) >= 11 is 0. The van der Waals surface area contributed by atoms with E-state index in [1.54, 1.807) is 0 Å². The summed E-state index contributed by atoms with van der Waals surface area (Å²) in [6, 6.07) is 5.73. The summed E-state index contributed by atoms with van der Waals surface area (Å²) < 4.78 is 27.4. The minimum Gasteiger partial charge on any atom is -0.381 e. The largest absolute Gasteiger partial charge is 0.381 e. The Bertz CT molecular complexity index is 550. The molecule has 2 rings (SSSR count). The van der Waals surface area contributed by atoms with Crippen molar-refractivity contribution >= 4 is 31.3 Å². The number of carbonyl (C=O) groups is 1. The Kier molecular flexibility index (Phi) is 4.44. The van der Waals surface area contributed by atoms with E-state index in [9.17, 15) is 13.2 Å². The van der Waals surface area contributed by atoms with E-state index < -0.39 is 9.05 Å². The maximum absolute atomic E-state index is 11.9. The molecule has 1 unspecified atom stereocenters. The first-order chi connectivity index (χ1) is 8.97. The minimum atomic E-state index is -3.73. The predicted octanol–water partition coefficient (Wildman–Crippen LogP) is 1.98. The molecule has 1 aromatic carbocycles. The van der Waals surface area contributed by atoms with Crippen LogP contribution in [-0.4, -0.2) is 27.5 Å². The number of hydrogen-bond acceptors (Lipinski definition) is 4. The van der Waals surface area contributed by atoms with Gasteiger partial charge in [0, 0.05) is 23.0 Å². The molecule has 0 aromatic heterocycles. The third-order valence-electron chi connectivity index (χ3n) is 2.93. The van der Waals surface area contributed by atoms with Crippen LogP contribution in [0.2, 0.25) is 0 Å². The van der Waals surface area contributed by atoms with Crippen molar-refractivity contribution < 1.29 is 17.9 Å². The van der Waals surface area contributed by atoms with E-state index in [1.807, 2.05) is 0 Å². The monoisotopic (exact) mass is 303 g/mol. The molecule has 1 amide bonds. The zero-order valence-electron chi connectivity index (χ0n) is 10.1. The van der Waals surface area contributed by atoms with E-state index in [0.717, 1.165) is 12.8 Å². The zero-order chi connectivity index (χ0) is 13.9.